The van der Waals surface area contributed by atoms with Crippen LogP contribution in [0.2, 0.25) is 0 Å². The van der Waals surface area contributed by atoms with Gasteiger partial charge in [0.1, 0.15) is 23.7 Å². The first-order chi connectivity index (χ1) is 18.6. The Morgan fingerprint density at radius 1 is 0.872 bits per heavy atom. The minimum Gasteiger partial charge on any atom is -0.489 e. The molecule has 0 amide bonds. The highest BCUT2D eigenvalue weighted by atomic mass is 19.4. The van der Waals surface area contributed by atoms with Crippen LogP contribution in [0.3, 0.4) is 0 Å². The van der Waals surface area contributed by atoms with E-state index in [-0.39, 0.29) is 41.2 Å². The van der Waals surface area contributed by atoms with Crippen molar-refractivity contribution in [2.75, 3.05) is 13.7 Å². The monoisotopic (exact) mass is 542 g/mol. The minimum atomic E-state index is -5.05. The molecule has 202 valence electrons. The van der Waals surface area contributed by atoms with Crippen LogP contribution in [0.15, 0.2) is 75.9 Å². The number of methoxy groups -OCH3 is 1. The lowest BCUT2D eigenvalue weighted by Gasteiger charge is -2.14. The van der Waals surface area contributed by atoms with Gasteiger partial charge >= 0.3 is 18.1 Å². The number of alkyl halides is 3. The fraction of sp³-hybridized carbons (Fsp3) is 0.179. The quantitative estimate of drug-likeness (QED) is 0.245. The maximum absolute atomic E-state index is 13.9. The van der Waals surface area contributed by atoms with Gasteiger partial charge in [0.2, 0.25) is 11.2 Å². The van der Waals surface area contributed by atoms with E-state index in [1.165, 1.54) is 49.6 Å². The molecule has 0 atom stereocenters. The molecule has 1 heterocycles. The van der Waals surface area contributed by atoms with Gasteiger partial charge in [-0.15, -0.1) is 0 Å². The van der Waals surface area contributed by atoms with E-state index < -0.39 is 35.1 Å². The zero-order chi connectivity index (χ0) is 28.2. The molecular formula is C28H21F3O8. The summed E-state index contributed by atoms with van der Waals surface area (Å²) < 4.78 is 67.1. The maximum Gasteiger partial charge on any atom is 0.453 e. The second kappa shape index (κ2) is 11.3. The number of carbonyl (C=O) groups excluding carboxylic acids is 2. The van der Waals surface area contributed by atoms with E-state index >= 15 is 0 Å². The molecule has 8 nitrogen and oxygen atoms in total. The van der Waals surface area contributed by atoms with Gasteiger partial charge in [0, 0.05) is 6.07 Å². The average molecular weight is 542 g/mol. The van der Waals surface area contributed by atoms with Gasteiger partial charge in [0.05, 0.1) is 30.2 Å². The Labute approximate surface area is 219 Å². The van der Waals surface area contributed by atoms with Crippen LogP contribution in [0.25, 0.3) is 11.0 Å². The molecule has 0 aliphatic rings. The van der Waals surface area contributed by atoms with Crippen LogP contribution in [0.5, 0.6) is 17.2 Å². The summed E-state index contributed by atoms with van der Waals surface area (Å²) in [7, 11) is 1.27. The molecule has 0 N–H and O–H groups in total. The van der Waals surface area contributed by atoms with Crippen molar-refractivity contribution in [2.45, 2.75) is 19.7 Å². The molecule has 4 aromatic rings. The highest BCUT2D eigenvalue weighted by Crippen LogP contribution is 2.38. The molecule has 0 saturated heterocycles. The number of esters is 2. The fourth-order valence-electron chi connectivity index (χ4n) is 3.54. The number of hydrogen-bond acceptors (Lipinski definition) is 8. The van der Waals surface area contributed by atoms with Gasteiger partial charge in [-0.2, -0.15) is 13.2 Å². The van der Waals surface area contributed by atoms with Gasteiger partial charge in [-0.25, -0.2) is 9.59 Å². The van der Waals surface area contributed by atoms with Crippen molar-refractivity contribution in [2.24, 2.45) is 0 Å². The lowest BCUT2D eigenvalue weighted by atomic mass is 10.1. The molecular weight excluding hydrogens is 521 g/mol. The Balaban J connectivity index is 1.61. The molecule has 0 saturated carbocycles. The topological polar surface area (TPSA) is 101 Å². The number of ether oxygens (including phenoxy) is 4. The predicted molar refractivity (Wildman–Crippen MR) is 132 cm³/mol. The van der Waals surface area contributed by atoms with Gasteiger partial charge in [0.15, 0.2) is 0 Å². The molecule has 39 heavy (non-hydrogen) atoms. The van der Waals surface area contributed by atoms with E-state index in [2.05, 4.69) is 4.74 Å². The number of halogens is 3. The van der Waals surface area contributed by atoms with E-state index in [0.717, 1.165) is 0 Å². The van der Waals surface area contributed by atoms with E-state index in [0.29, 0.717) is 11.1 Å². The van der Waals surface area contributed by atoms with Crippen molar-refractivity contribution in [1.29, 1.82) is 0 Å². The molecule has 11 heteroatoms. The summed E-state index contributed by atoms with van der Waals surface area (Å²) in [6.07, 6.45) is -5.05. The molecule has 0 fully saturated rings. The largest absolute Gasteiger partial charge is 0.489 e. The number of carbonyl (C=O) groups is 2. The fourth-order valence-corrected chi connectivity index (χ4v) is 3.54. The normalized spacial score (nSPS) is 11.2. The van der Waals surface area contributed by atoms with Crippen molar-refractivity contribution in [3.63, 3.8) is 0 Å². The van der Waals surface area contributed by atoms with Gasteiger partial charge < -0.3 is 23.4 Å². The van der Waals surface area contributed by atoms with E-state index in [1.807, 2.05) is 0 Å². The second-order valence-corrected chi connectivity index (χ2v) is 8.07. The summed E-state index contributed by atoms with van der Waals surface area (Å²) in [4.78, 5) is 36.4. The van der Waals surface area contributed by atoms with Crippen molar-refractivity contribution < 1.29 is 46.1 Å². The van der Waals surface area contributed by atoms with Crippen molar-refractivity contribution in [3.05, 3.63) is 99.4 Å². The molecule has 4 rings (SSSR count). The highest BCUT2D eigenvalue weighted by Gasteiger charge is 2.40. The Morgan fingerprint density at radius 3 is 2.10 bits per heavy atom. The SMILES string of the molecule is CCOC(=O)c1ccc(Oc2c(C(F)(F)F)oc3cc(OCc4ccc(C(=O)OC)cc4)ccc3c2=O)cc1. The predicted octanol–water partition coefficient (Wildman–Crippen LogP) is 6.15. The van der Waals surface area contributed by atoms with E-state index in [1.54, 1.807) is 31.2 Å². The lowest BCUT2D eigenvalue weighted by Crippen LogP contribution is -2.15. The second-order valence-electron chi connectivity index (χ2n) is 8.07. The summed E-state index contributed by atoms with van der Waals surface area (Å²) >= 11 is 0. The minimum absolute atomic E-state index is 0.0340. The maximum atomic E-state index is 13.9. The van der Waals surface area contributed by atoms with E-state index in [9.17, 15) is 27.6 Å². The van der Waals surface area contributed by atoms with Crippen LogP contribution in [-0.4, -0.2) is 25.7 Å². The smallest absolute Gasteiger partial charge is 0.453 e. The molecule has 0 bridgehead atoms. The van der Waals surface area contributed by atoms with Crippen molar-refractivity contribution >= 4 is 22.9 Å². The lowest BCUT2D eigenvalue weighted by molar-refractivity contribution is -0.154. The summed E-state index contributed by atoms with van der Waals surface area (Å²) in [5, 5.41) is -0.157. The molecule has 0 radical (unpaired) electrons. The number of rotatable bonds is 8. The zero-order valence-corrected chi connectivity index (χ0v) is 20.7. The van der Waals surface area contributed by atoms with Gasteiger partial charge in [-0.1, -0.05) is 12.1 Å². The third kappa shape index (κ3) is 6.20. The first-order valence-electron chi connectivity index (χ1n) is 11.5. The first kappa shape index (κ1) is 27.2. The summed E-state index contributed by atoms with van der Waals surface area (Å²) in [6.45, 7) is 1.82. The number of benzene rings is 3. The Hall–Kier alpha value is -4.80. The van der Waals surface area contributed by atoms with Crippen molar-refractivity contribution in [3.8, 4) is 17.2 Å². The van der Waals surface area contributed by atoms with Crippen LogP contribution >= 0.6 is 0 Å². The van der Waals surface area contributed by atoms with Gasteiger partial charge in [-0.05, 0) is 61.0 Å². The summed E-state index contributed by atoms with van der Waals surface area (Å²) in [5.74, 6) is -3.73. The molecule has 1 aromatic heterocycles. The molecule has 0 aliphatic heterocycles. The molecule has 0 spiro atoms. The van der Waals surface area contributed by atoms with Gasteiger partial charge in [0.25, 0.3) is 5.76 Å². The average Bonchev–Trinajstić information content (AvgIpc) is 2.93. The van der Waals surface area contributed by atoms with Crippen LogP contribution in [0.1, 0.15) is 39.0 Å². The van der Waals surface area contributed by atoms with E-state index in [4.69, 9.17) is 18.6 Å². The molecule has 3 aromatic carbocycles. The number of hydrogen-bond donors (Lipinski definition) is 0. The van der Waals surface area contributed by atoms with Crippen LogP contribution in [0.4, 0.5) is 13.2 Å². The number of fused-ring (bicyclic) bond motifs is 1. The zero-order valence-electron chi connectivity index (χ0n) is 20.7. The third-order valence-electron chi connectivity index (χ3n) is 5.45. The van der Waals surface area contributed by atoms with Gasteiger partial charge in [-0.3, -0.25) is 4.79 Å². The van der Waals surface area contributed by atoms with Crippen LogP contribution in [0, 0.1) is 0 Å². The summed E-state index contributed by atoms with van der Waals surface area (Å²) in [5.41, 5.74) is -0.198. The molecule has 0 aliphatic carbocycles. The Morgan fingerprint density at radius 2 is 1.49 bits per heavy atom. The molecule has 0 unspecified atom stereocenters. The first-order valence-corrected chi connectivity index (χ1v) is 11.5. The van der Waals surface area contributed by atoms with Crippen molar-refractivity contribution in [1.82, 2.24) is 0 Å². The Kier molecular flexibility index (Phi) is 7.89. The summed E-state index contributed by atoms with van der Waals surface area (Å²) in [6, 6.07) is 15.3. The van der Waals surface area contributed by atoms with Crippen LogP contribution in [-0.2, 0) is 22.3 Å². The Bertz CT molecular complexity index is 1560. The standard InChI is InChI=1S/C28H21F3O8/c1-3-36-27(34)18-8-10-19(11-9-18)38-24-23(32)21-13-12-20(14-22(21)39-25(24)28(29,30)31)37-15-16-4-6-17(7-5-16)26(33)35-2/h4-14H,3,15H2,1-2H3. The third-order valence-corrected chi connectivity index (χ3v) is 5.45. The van der Waals surface area contributed by atoms with Crippen LogP contribution < -0.4 is 14.9 Å². The highest BCUT2D eigenvalue weighted by molar-refractivity contribution is 5.90.